The third-order valence-electron chi connectivity index (χ3n) is 3.17. The lowest BCUT2D eigenvalue weighted by molar-refractivity contribution is -0.121. The molecule has 0 bridgehead atoms. The highest BCUT2D eigenvalue weighted by atomic mass is 16.3. The molecule has 1 saturated carbocycles. The van der Waals surface area contributed by atoms with Crippen LogP contribution in [-0.2, 0) is 4.79 Å². The Balaban J connectivity index is 2.10. The number of carbonyl (C=O) groups is 1. The third-order valence-corrected chi connectivity index (χ3v) is 3.17. The van der Waals surface area contributed by atoms with Crippen molar-refractivity contribution in [1.82, 2.24) is 10.6 Å². The Kier molecular flexibility index (Phi) is 4.74. The number of hydrogen-bond donors (Lipinski definition) is 3. The van der Waals surface area contributed by atoms with Crippen LogP contribution in [-0.4, -0.2) is 35.7 Å². The Bertz CT molecular complexity index is 237. The molecule has 1 aliphatic carbocycles. The van der Waals surface area contributed by atoms with Crippen molar-refractivity contribution in [2.45, 2.75) is 51.7 Å². The van der Waals surface area contributed by atoms with Crippen molar-refractivity contribution in [1.29, 1.82) is 0 Å². The third kappa shape index (κ3) is 4.94. The van der Waals surface area contributed by atoms with E-state index in [1.807, 2.05) is 20.8 Å². The van der Waals surface area contributed by atoms with E-state index in [1.54, 1.807) is 0 Å². The summed E-state index contributed by atoms with van der Waals surface area (Å²) in [4.78, 5) is 11.5. The van der Waals surface area contributed by atoms with Crippen LogP contribution in [0.15, 0.2) is 0 Å². The molecule has 16 heavy (non-hydrogen) atoms. The topological polar surface area (TPSA) is 61.4 Å². The molecule has 1 amide bonds. The second-order valence-electron chi connectivity index (χ2n) is 5.32. The molecule has 0 radical (unpaired) electrons. The lowest BCUT2D eigenvalue weighted by Crippen LogP contribution is -2.47. The van der Waals surface area contributed by atoms with Crippen molar-refractivity contribution < 1.29 is 9.90 Å². The first-order valence-electron chi connectivity index (χ1n) is 6.14. The summed E-state index contributed by atoms with van der Waals surface area (Å²) in [5.74, 6) is 0.456. The molecule has 1 fully saturated rings. The van der Waals surface area contributed by atoms with Crippen molar-refractivity contribution >= 4 is 5.91 Å². The van der Waals surface area contributed by atoms with E-state index in [0.717, 1.165) is 19.3 Å². The zero-order valence-corrected chi connectivity index (χ0v) is 10.5. The van der Waals surface area contributed by atoms with Gasteiger partial charge in [0, 0.05) is 12.1 Å². The fraction of sp³-hybridized carbons (Fsp3) is 0.917. The van der Waals surface area contributed by atoms with Crippen LogP contribution < -0.4 is 10.6 Å². The van der Waals surface area contributed by atoms with Gasteiger partial charge in [0.1, 0.15) is 0 Å². The molecule has 1 unspecified atom stereocenters. The Morgan fingerprint density at radius 3 is 2.62 bits per heavy atom. The number of hydrogen-bond acceptors (Lipinski definition) is 3. The smallest absolute Gasteiger partial charge is 0.234 e. The van der Waals surface area contributed by atoms with Crippen LogP contribution in [0.3, 0.4) is 0 Å². The molecule has 94 valence electrons. The van der Waals surface area contributed by atoms with Crippen LogP contribution in [0.1, 0.15) is 40.0 Å². The first-order valence-corrected chi connectivity index (χ1v) is 6.14. The van der Waals surface area contributed by atoms with Crippen molar-refractivity contribution in [3.05, 3.63) is 0 Å². The highest BCUT2D eigenvalue weighted by Crippen LogP contribution is 2.32. The lowest BCUT2D eigenvalue weighted by atomic mass is 10.0. The van der Waals surface area contributed by atoms with E-state index in [2.05, 4.69) is 10.6 Å². The Morgan fingerprint density at radius 1 is 1.50 bits per heavy atom. The molecule has 1 aliphatic rings. The van der Waals surface area contributed by atoms with Crippen LogP contribution in [0.2, 0.25) is 0 Å². The number of aliphatic hydroxyl groups is 1. The SMILES string of the molecule is CCC(C)(C)NC(=O)CNCC(O)C1CC1. The molecule has 3 N–H and O–H groups in total. The maximum absolute atomic E-state index is 11.5. The van der Waals surface area contributed by atoms with E-state index in [-0.39, 0.29) is 24.1 Å². The molecule has 0 aromatic heterocycles. The highest BCUT2D eigenvalue weighted by Gasteiger charge is 2.29. The van der Waals surface area contributed by atoms with E-state index in [4.69, 9.17) is 0 Å². The van der Waals surface area contributed by atoms with E-state index in [1.165, 1.54) is 0 Å². The first-order chi connectivity index (χ1) is 7.44. The molecular weight excluding hydrogens is 204 g/mol. The quantitative estimate of drug-likeness (QED) is 0.599. The standard InChI is InChI=1S/C12H24N2O2/c1-4-12(2,3)14-11(16)8-13-7-10(15)9-5-6-9/h9-10,13,15H,4-8H2,1-3H3,(H,14,16). The van der Waals surface area contributed by atoms with Gasteiger partial charge in [-0.1, -0.05) is 6.92 Å². The number of aliphatic hydroxyl groups excluding tert-OH is 1. The minimum absolute atomic E-state index is 0.00477. The second-order valence-corrected chi connectivity index (χ2v) is 5.32. The van der Waals surface area contributed by atoms with Crippen molar-refractivity contribution in [2.75, 3.05) is 13.1 Å². The average molecular weight is 228 g/mol. The number of amides is 1. The number of carbonyl (C=O) groups excluding carboxylic acids is 1. The van der Waals surface area contributed by atoms with Crippen LogP contribution in [0.5, 0.6) is 0 Å². The molecular formula is C12H24N2O2. The van der Waals surface area contributed by atoms with Gasteiger partial charge in [-0.05, 0) is 39.0 Å². The highest BCUT2D eigenvalue weighted by molar-refractivity contribution is 5.78. The van der Waals surface area contributed by atoms with Gasteiger partial charge in [-0.15, -0.1) is 0 Å². The largest absolute Gasteiger partial charge is 0.392 e. The summed E-state index contributed by atoms with van der Waals surface area (Å²) in [5, 5.41) is 15.5. The van der Waals surface area contributed by atoms with Crippen LogP contribution in [0.25, 0.3) is 0 Å². The Labute approximate surface area is 97.8 Å². The van der Waals surface area contributed by atoms with Gasteiger partial charge >= 0.3 is 0 Å². The molecule has 0 aliphatic heterocycles. The summed E-state index contributed by atoms with van der Waals surface area (Å²) in [6, 6.07) is 0. The normalized spacial score (nSPS) is 18.2. The van der Waals surface area contributed by atoms with Crippen LogP contribution in [0.4, 0.5) is 0 Å². The van der Waals surface area contributed by atoms with Gasteiger partial charge in [0.2, 0.25) is 5.91 Å². The van der Waals surface area contributed by atoms with E-state index < -0.39 is 0 Å². The predicted molar refractivity (Wildman–Crippen MR) is 64.1 cm³/mol. The molecule has 4 heteroatoms. The number of rotatable bonds is 7. The summed E-state index contributed by atoms with van der Waals surface area (Å²) in [5.41, 5.74) is -0.145. The summed E-state index contributed by atoms with van der Waals surface area (Å²) < 4.78 is 0. The summed E-state index contributed by atoms with van der Waals surface area (Å²) in [6.07, 6.45) is 2.87. The van der Waals surface area contributed by atoms with E-state index in [9.17, 15) is 9.90 Å². The van der Waals surface area contributed by atoms with Gasteiger partial charge in [0.15, 0.2) is 0 Å². The summed E-state index contributed by atoms with van der Waals surface area (Å²) in [6.45, 7) is 6.86. The first kappa shape index (κ1) is 13.5. The lowest BCUT2D eigenvalue weighted by Gasteiger charge is -2.24. The van der Waals surface area contributed by atoms with E-state index in [0.29, 0.717) is 12.5 Å². The Morgan fingerprint density at radius 2 is 2.12 bits per heavy atom. The van der Waals surface area contributed by atoms with Crippen LogP contribution >= 0.6 is 0 Å². The Hall–Kier alpha value is -0.610. The minimum atomic E-state index is -0.285. The van der Waals surface area contributed by atoms with E-state index >= 15 is 0 Å². The molecule has 1 rings (SSSR count). The molecule has 0 aromatic carbocycles. The zero-order chi connectivity index (χ0) is 12.2. The summed E-state index contributed by atoms with van der Waals surface area (Å²) in [7, 11) is 0. The van der Waals surface area contributed by atoms with Gasteiger partial charge in [-0.25, -0.2) is 0 Å². The second kappa shape index (κ2) is 5.64. The molecule has 0 heterocycles. The van der Waals surface area contributed by atoms with Gasteiger partial charge in [0.25, 0.3) is 0 Å². The van der Waals surface area contributed by atoms with Crippen molar-refractivity contribution in [3.8, 4) is 0 Å². The van der Waals surface area contributed by atoms with Gasteiger partial charge in [0.05, 0.1) is 12.6 Å². The fourth-order valence-electron chi connectivity index (χ4n) is 1.49. The molecule has 4 nitrogen and oxygen atoms in total. The maximum atomic E-state index is 11.5. The molecule has 0 aromatic rings. The van der Waals surface area contributed by atoms with Gasteiger partial charge in [-0.3, -0.25) is 4.79 Å². The summed E-state index contributed by atoms with van der Waals surface area (Å²) >= 11 is 0. The number of nitrogens with one attached hydrogen (secondary N) is 2. The van der Waals surface area contributed by atoms with Gasteiger partial charge in [-0.2, -0.15) is 0 Å². The zero-order valence-electron chi connectivity index (χ0n) is 10.5. The predicted octanol–water partition coefficient (Wildman–Crippen LogP) is 0.652. The molecule has 0 saturated heterocycles. The molecule has 0 spiro atoms. The minimum Gasteiger partial charge on any atom is -0.392 e. The fourth-order valence-corrected chi connectivity index (χ4v) is 1.49. The van der Waals surface area contributed by atoms with Crippen molar-refractivity contribution in [2.24, 2.45) is 5.92 Å². The monoisotopic (exact) mass is 228 g/mol. The van der Waals surface area contributed by atoms with Crippen LogP contribution in [0, 0.1) is 5.92 Å². The average Bonchev–Trinajstić information content (AvgIpc) is 3.00. The van der Waals surface area contributed by atoms with Crippen molar-refractivity contribution in [3.63, 3.8) is 0 Å². The molecule has 1 atom stereocenters. The maximum Gasteiger partial charge on any atom is 0.234 e. The van der Waals surface area contributed by atoms with Gasteiger partial charge < -0.3 is 15.7 Å².